The van der Waals surface area contributed by atoms with Gasteiger partial charge in [-0.3, -0.25) is 0 Å². The van der Waals surface area contributed by atoms with Gasteiger partial charge in [0, 0.05) is 22.8 Å². The van der Waals surface area contributed by atoms with Crippen molar-refractivity contribution < 1.29 is 0 Å². The molecule has 1 aliphatic heterocycles. The topological polar surface area (TPSA) is 16.1 Å². The van der Waals surface area contributed by atoms with Crippen LogP contribution in [0, 0.1) is 19.8 Å². The van der Waals surface area contributed by atoms with Crippen molar-refractivity contribution in [3.05, 3.63) is 10.6 Å². The van der Waals surface area contributed by atoms with E-state index in [4.69, 9.17) is 0 Å². The Morgan fingerprint density at radius 3 is 2.44 bits per heavy atom. The fraction of sp³-hybridized carbons (Fsp3) is 0.750. The number of anilines is 1. The summed E-state index contributed by atoms with van der Waals surface area (Å²) in [7, 11) is 0. The molecule has 0 bridgehead atoms. The largest absolute Gasteiger partial charge is 0.348 e. The van der Waals surface area contributed by atoms with E-state index in [1.54, 1.807) is 0 Å². The molecule has 2 nitrogen and oxygen atoms in total. The van der Waals surface area contributed by atoms with Crippen LogP contribution >= 0.6 is 27.3 Å². The summed E-state index contributed by atoms with van der Waals surface area (Å²) in [5.41, 5.74) is 1.19. The molecule has 0 amide bonds. The van der Waals surface area contributed by atoms with Gasteiger partial charge in [-0.05, 0) is 32.6 Å². The average Bonchev–Trinajstić information content (AvgIpc) is 2.59. The molecule has 0 radical (unpaired) electrons. The van der Waals surface area contributed by atoms with Crippen molar-refractivity contribution >= 4 is 32.4 Å². The van der Waals surface area contributed by atoms with Gasteiger partial charge in [0.05, 0.1) is 5.69 Å². The highest BCUT2D eigenvalue weighted by Crippen LogP contribution is 2.31. The smallest absolute Gasteiger partial charge is 0.185 e. The van der Waals surface area contributed by atoms with Crippen LogP contribution in [-0.2, 0) is 0 Å². The minimum absolute atomic E-state index is 0.648. The Hall–Kier alpha value is -0.0900. The fourth-order valence-electron chi connectivity index (χ4n) is 2.14. The molecule has 90 valence electrons. The van der Waals surface area contributed by atoms with E-state index in [9.17, 15) is 0 Å². The molecule has 1 unspecified atom stereocenters. The highest BCUT2D eigenvalue weighted by atomic mass is 79.9. The molecule has 1 atom stereocenters. The van der Waals surface area contributed by atoms with E-state index in [1.165, 1.54) is 28.5 Å². The lowest BCUT2D eigenvalue weighted by Gasteiger charge is -2.33. The molecule has 1 fully saturated rings. The van der Waals surface area contributed by atoms with Gasteiger partial charge in [-0.2, -0.15) is 0 Å². The SMILES string of the molecule is Cc1nc(N2CCC(C(C)Br)CC2)sc1C. The zero-order valence-corrected chi connectivity index (χ0v) is 12.6. The van der Waals surface area contributed by atoms with Gasteiger partial charge < -0.3 is 4.90 Å². The van der Waals surface area contributed by atoms with Crippen LogP contribution in [0.15, 0.2) is 0 Å². The lowest BCUT2D eigenvalue weighted by molar-refractivity contribution is 0.407. The van der Waals surface area contributed by atoms with Crippen LogP contribution in [0.4, 0.5) is 5.13 Å². The summed E-state index contributed by atoms with van der Waals surface area (Å²) in [6.07, 6.45) is 2.56. The molecule has 1 saturated heterocycles. The van der Waals surface area contributed by atoms with Gasteiger partial charge >= 0.3 is 0 Å². The third-order valence-electron chi connectivity index (χ3n) is 3.48. The van der Waals surface area contributed by atoms with Crippen molar-refractivity contribution in [2.75, 3.05) is 18.0 Å². The molecule has 0 spiro atoms. The third kappa shape index (κ3) is 2.59. The van der Waals surface area contributed by atoms with E-state index >= 15 is 0 Å². The molecule has 0 N–H and O–H groups in total. The summed E-state index contributed by atoms with van der Waals surface area (Å²) in [5, 5.41) is 1.22. The monoisotopic (exact) mass is 302 g/mol. The van der Waals surface area contributed by atoms with Crippen LogP contribution in [0.5, 0.6) is 0 Å². The predicted octanol–water partition coefficient (Wildman–Crippen LogP) is 3.76. The van der Waals surface area contributed by atoms with Gasteiger partial charge in [-0.15, -0.1) is 11.3 Å². The Bertz CT molecular complexity index is 334. The summed E-state index contributed by atoms with van der Waals surface area (Å²) >= 11 is 5.53. The summed E-state index contributed by atoms with van der Waals surface area (Å²) in [6.45, 7) is 8.84. The number of piperidine rings is 1. The van der Waals surface area contributed by atoms with E-state index in [1.807, 2.05) is 11.3 Å². The molecule has 16 heavy (non-hydrogen) atoms. The van der Waals surface area contributed by atoms with Crippen molar-refractivity contribution in [3.8, 4) is 0 Å². The number of aromatic nitrogens is 1. The first-order valence-corrected chi connectivity index (χ1v) is 7.64. The zero-order valence-electron chi connectivity index (χ0n) is 10.2. The van der Waals surface area contributed by atoms with Crippen molar-refractivity contribution in [1.82, 2.24) is 4.98 Å². The number of hydrogen-bond donors (Lipinski definition) is 0. The lowest BCUT2D eigenvalue weighted by atomic mass is 9.95. The molecule has 2 rings (SSSR count). The normalized spacial score (nSPS) is 20.1. The molecule has 2 heterocycles. The molecule has 4 heteroatoms. The molecular formula is C12H19BrN2S. The molecule has 0 saturated carbocycles. The van der Waals surface area contributed by atoms with Crippen LogP contribution in [0.25, 0.3) is 0 Å². The number of halogens is 1. The quantitative estimate of drug-likeness (QED) is 0.773. The second kappa shape index (κ2) is 5.05. The van der Waals surface area contributed by atoms with E-state index < -0.39 is 0 Å². The molecule has 1 aromatic heterocycles. The van der Waals surface area contributed by atoms with E-state index in [0.717, 1.165) is 19.0 Å². The summed E-state index contributed by atoms with van der Waals surface area (Å²) in [4.78, 5) is 9.08. The Labute approximate surface area is 110 Å². The van der Waals surface area contributed by atoms with E-state index in [-0.39, 0.29) is 0 Å². The van der Waals surface area contributed by atoms with E-state index in [0.29, 0.717) is 4.83 Å². The lowest BCUT2D eigenvalue weighted by Crippen LogP contribution is -2.35. The summed E-state index contributed by atoms with van der Waals surface area (Å²) in [6, 6.07) is 0. The average molecular weight is 303 g/mol. The Balaban J connectivity index is 1.99. The van der Waals surface area contributed by atoms with Gasteiger partial charge in [0.15, 0.2) is 5.13 Å². The number of alkyl halides is 1. The second-order valence-corrected chi connectivity index (χ2v) is 7.27. The summed E-state index contributed by atoms with van der Waals surface area (Å²) in [5.74, 6) is 0.832. The first-order valence-electron chi connectivity index (χ1n) is 5.91. The predicted molar refractivity (Wildman–Crippen MR) is 74.9 cm³/mol. The first-order chi connectivity index (χ1) is 7.58. The van der Waals surface area contributed by atoms with E-state index in [2.05, 4.69) is 46.6 Å². The number of rotatable bonds is 2. The Morgan fingerprint density at radius 2 is 2.00 bits per heavy atom. The van der Waals surface area contributed by atoms with Crippen molar-refractivity contribution in [2.24, 2.45) is 5.92 Å². The standard InChI is InChI=1S/C12H19BrN2S/c1-8(13)11-4-6-15(7-5-11)12-14-9(2)10(3)16-12/h8,11H,4-7H2,1-3H3. The van der Waals surface area contributed by atoms with Gasteiger partial charge in [-0.25, -0.2) is 4.98 Å². The van der Waals surface area contributed by atoms with Crippen LogP contribution in [0.3, 0.4) is 0 Å². The number of hydrogen-bond acceptors (Lipinski definition) is 3. The molecule has 1 aromatic rings. The number of aryl methyl sites for hydroxylation is 2. The molecule has 0 aliphatic carbocycles. The van der Waals surface area contributed by atoms with Gasteiger partial charge in [0.1, 0.15) is 0 Å². The van der Waals surface area contributed by atoms with Crippen molar-refractivity contribution in [2.45, 2.75) is 38.4 Å². The van der Waals surface area contributed by atoms with Gasteiger partial charge in [-0.1, -0.05) is 22.9 Å². The zero-order chi connectivity index (χ0) is 11.7. The Morgan fingerprint density at radius 1 is 1.38 bits per heavy atom. The van der Waals surface area contributed by atoms with Gasteiger partial charge in [0.2, 0.25) is 0 Å². The van der Waals surface area contributed by atoms with Crippen LogP contribution < -0.4 is 4.90 Å². The molecular weight excluding hydrogens is 284 g/mol. The highest BCUT2D eigenvalue weighted by molar-refractivity contribution is 9.09. The maximum atomic E-state index is 4.64. The maximum Gasteiger partial charge on any atom is 0.185 e. The highest BCUT2D eigenvalue weighted by Gasteiger charge is 2.24. The number of thiazole rings is 1. The first kappa shape index (κ1) is 12.4. The third-order valence-corrected chi connectivity index (χ3v) is 5.36. The fourth-order valence-corrected chi connectivity index (χ4v) is 3.63. The summed E-state index contributed by atoms with van der Waals surface area (Å²) < 4.78 is 0. The van der Waals surface area contributed by atoms with Crippen LogP contribution in [-0.4, -0.2) is 22.9 Å². The minimum atomic E-state index is 0.648. The maximum absolute atomic E-state index is 4.64. The van der Waals surface area contributed by atoms with Gasteiger partial charge in [0.25, 0.3) is 0 Å². The van der Waals surface area contributed by atoms with Crippen LogP contribution in [0.1, 0.15) is 30.3 Å². The minimum Gasteiger partial charge on any atom is -0.348 e. The van der Waals surface area contributed by atoms with Crippen molar-refractivity contribution in [3.63, 3.8) is 0 Å². The number of nitrogens with zero attached hydrogens (tertiary/aromatic N) is 2. The van der Waals surface area contributed by atoms with Crippen LogP contribution in [0.2, 0.25) is 0 Å². The van der Waals surface area contributed by atoms with Crippen molar-refractivity contribution in [1.29, 1.82) is 0 Å². The molecule has 0 aromatic carbocycles. The second-order valence-electron chi connectivity index (χ2n) is 4.64. The molecule has 1 aliphatic rings. The Kier molecular flexibility index (Phi) is 3.90.